The van der Waals surface area contributed by atoms with Crippen molar-refractivity contribution in [3.8, 4) is 0 Å². The zero-order chi connectivity index (χ0) is 12.7. The van der Waals surface area contributed by atoms with Crippen LogP contribution in [0.25, 0.3) is 0 Å². The number of anilines is 1. The molecule has 1 aromatic rings. The number of carbonyl (C=O) groups excluding carboxylic acids is 2. The van der Waals surface area contributed by atoms with Crippen LogP contribution in [0.15, 0.2) is 24.3 Å². The van der Waals surface area contributed by atoms with Crippen molar-refractivity contribution in [2.24, 2.45) is 5.73 Å². The zero-order valence-electron chi connectivity index (χ0n) is 9.53. The monoisotopic (exact) mass is 237 g/mol. The molecular weight excluding hydrogens is 222 g/mol. The number of carbonyl (C=O) groups is 2. The highest BCUT2D eigenvalue weighted by atomic mass is 16.6. The number of rotatable bonds is 6. The number of nitrogens with two attached hydrogens (primary N) is 1. The van der Waals surface area contributed by atoms with Crippen LogP contribution in [0.5, 0.6) is 0 Å². The quantitative estimate of drug-likeness (QED) is 0.485. The van der Waals surface area contributed by atoms with Crippen molar-refractivity contribution in [3.63, 3.8) is 0 Å². The molecule has 0 fully saturated rings. The molecule has 0 radical (unpaired) electrons. The third kappa shape index (κ3) is 5.64. The molecule has 4 N–H and O–H groups in total. The smallest absolute Gasteiger partial charge is 0.245 e. The maximum Gasteiger partial charge on any atom is 0.245 e. The van der Waals surface area contributed by atoms with E-state index >= 15 is 0 Å². The summed E-state index contributed by atoms with van der Waals surface area (Å²) in [7, 11) is 0. The molecular formula is C11H15N3O3. The van der Waals surface area contributed by atoms with Gasteiger partial charge in [0.1, 0.15) is 6.61 Å². The van der Waals surface area contributed by atoms with E-state index in [1.54, 1.807) is 12.1 Å². The first kappa shape index (κ1) is 13.1. The van der Waals surface area contributed by atoms with Crippen molar-refractivity contribution in [2.75, 3.05) is 11.9 Å². The summed E-state index contributed by atoms with van der Waals surface area (Å²) in [5, 5.41) is 2.66. The number of primary amides is 1. The third-order valence-electron chi connectivity index (χ3n) is 1.87. The Kier molecular flexibility index (Phi) is 5.12. The summed E-state index contributed by atoms with van der Waals surface area (Å²) in [5.41, 5.74) is 9.20. The zero-order valence-corrected chi connectivity index (χ0v) is 9.53. The Hall–Kier alpha value is -1.92. The normalized spacial score (nSPS) is 9.94. The molecule has 6 nitrogen and oxygen atoms in total. The van der Waals surface area contributed by atoms with Gasteiger partial charge in [-0.3, -0.25) is 14.4 Å². The fourth-order valence-corrected chi connectivity index (χ4v) is 1.17. The number of hydrogen-bond acceptors (Lipinski definition) is 4. The Morgan fingerprint density at radius 3 is 2.47 bits per heavy atom. The van der Waals surface area contributed by atoms with Crippen molar-refractivity contribution >= 4 is 17.5 Å². The Morgan fingerprint density at radius 1 is 1.29 bits per heavy atom. The van der Waals surface area contributed by atoms with E-state index in [4.69, 9.17) is 10.6 Å². The van der Waals surface area contributed by atoms with Gasteiger partial charge >= 0.3 is 0 Å². The first-order valence-electron chi connectivity index (χ1n) is 5.07. The Bertz CT molecular complexity index is 389. The van der Waals surface area contributed by atoms with Crippen molar-refractivity contribution in [1.29, 1.82) is 0 Å². The Labute approximate surface area is 99.1 Å². The van der Waals surface area contributed by atoms with Gasteiger partial charge in [-0.1, -0.05) is 12.1 Å². The lowest BCUT2D eigenvalue weighted by atomic mass is 10.2. The molecule has 0 aliphatic heterocycles. The van der Waals surface area contributed by atoms with Gasteiger partial charge in [-0.05, 0) is 17.7 Å². The Balaban J connectivity index is 2.35. The topological polar surface area (TPSA) is 93.4 Å². The van der Waals surface area contributed by atoms with E-state index < -0.39 is 5.91 Å². The fraction of sp³-hybridized carbons (Fsp3) is 0.273. The van der Waals surface area contributed by atoms with Crippen LogP contribution >= 0.6 is 0 Å². The van der Waals surface area contributed by atoms with Crippen molar-refractivity contribution in [3.05, 3.63) is 29.8 Å². The second kappa shape index (κ2) is 6.62. The van der Waals surface area contributed by atoms with Crippen LogP contribution in [-0.4, -0.2) is 18.4 Å². The molecule has 2 amide bonds. The number of amides is 2. The SMILES string of the molecule is CC(=O)Nc1ccc(CNOCC(N)=O)cc1. The van der Waals surface area contributed by atoms with Gasteiger partial charge in [0, 0.05) is 19.2 Å². The highest BCUT2D eigenvalue weighted by Gasteiger charge is 1.97. The summed E-state index contributed by atoms with van der Waals surface area (Å²) < 4.78 is 0. The van der Waals surface area contributed by atoms with E-state index in [1.807, 2.05) is 12.1 Å². The third-order valence-corrected chi connectivity index (χ3v) is 1.87. The molecule has 0 aliphatic carbocycles. The van der Waals surface area contributed by atoms with E-state index in [-0.39, 0.29) is 12.5 Å². The fourth-order valence-electron chi connectivity index (χ4n) is 1.17. The second-order valence-corrected chi connectivity index (χ2v) is 3.45. The van der Waals surface area contributed by atoms with Crippen LogP contribution in [0.1, 0.15) is 12.5 Å². The average Bonchev–Trinajstić information content (AvgIpc) is 2.25. The molecule has 0 aromatic heterocycles. The molecule has 0 saturated heterocycles. The molecule has 0 heterocycles. The molecule has 0 aliphatic rings. The number of hydroxylamine groups is 1. The lowest BCUT2D eigenvalue weighted by Crippen LogP contribution is -2.24. The standard InChI is InChI=1S/C11H15N3O3/c1-8(15)14-10-4-2-9(3-5-10)6-13-17-7-11(12)16/h2-5,13H,6-7H2,1H3,(H2,12,16)(H,14,15). The number of nitrogens with one attached hydrogen (secondary N) is 2. The van der Waals surface area contributed by atoms with E-state index in [0.717, 1.165) is 11.3 Å². The van der Waals surface area contributed by atoms with Crippen LogP contribution in [-0.2, 0) is 21.0 Å². The lowest BCUT2D eigenvalue weighted by molar-refractivity contribution is -0.125. The van der Waals surface area contributed by atoms with Gasteiger partial charge in [0.2, 0.25) is 11.8 Å². The van der Waals surface area contributed by atoms with Gasteiger partial charge in [0.05, 0.1) is 0 Å². The van der Waals surface area contributed by atoms with Gasteiger partial charge in [-0.2, -0.15) is 5.48 Å². The largest absolute Gasteiger partial charge is 0.368 e. The summed E-state index contributed by atoms with van der Waals surface area (Å²) in [4.78, 5) is 26.0. The predicted molar refractivity (Wildman–Crippen MR) is 62.7 cm³/mol. The molecule has 0 spiro atoms. The summed E-state index contributed by atoms with van der Waals surface area (Å²) >= 11 is 0. The van der Waals surface area contributed by atoms with Gasteiger partial charge in [0.25, 0.3) is 0 Å². The molecule has 0 atom stereocenters. The first-order chi connectivity index (χ1) is 8.08. The molecule has 6 heteroatoms. The molecule has 0 unspecified atom stereocenters. The van der Waals surface area contributed by atoms with Crippen LogP contribution in [0, 0.1) is 0 Å². The first-order valence-corrected chi connectivity index (χ1v) is 5.07. The highest BCUT2D eigenvalue weighted by Crippen LogP contribution is 2.09. The van der Waals surface area contributed by atoms with Crippen LogP contribution < -0.4 is 16.5 Å². The van der Waals surface area contributed by atoms with Crippen LogP contribution in [0.4, 0.5) is 5.69 Å². The van der Waals surface area contributed by atoms with E-state index in [9.17, 15) is 9.59 Å². The lowest BCUT2D eigenvalue weighted by Gasteiger charge is -2.06. The van der Waals surface area contributed by atoms with Crippen LogP contribution in [0.3, 0.4) is 0 Å². The minimum Gasteiger partial charge on any atom is -0.368 e. The maximum absolute atomic E-state index is 10.8. The Morgan fingerprint density at radius 2 is 1.94 bits per heavy atom. The molecule has 1 rings (SSSR count). The summed E-state index contributed by atoms with van der Waals surface area (Å²) in [5.74, 6) is -0.640. The van der Waals surface area contributed by atoms with Gasteiger partial charge in [-0.25, -0.2) is 0 Å². The molecule has 17 heavy (non-hydrogen) atoms. The number of benzene rings is 1. The molecule has 92 valence electrons. The van der Waals surface area contributed by atoms with Crippen molar-refractivity contribution < 1.29 is 14.4 Å². The van der Waals surface area contributed by atoms with Crippen LogP contribution in [0.2, 0.25) is 0 Å². The molecule has 1 aromatic carbocycles. The van der Waals surface area contributed by atoms with E-state index in [1.165, 1.54) is 6.92 Å². The summed E-state index contributed by atoms with van der Waals surface area (Å²) in [6.07, 6.45) is 0. The predicted octanol–water partition coefficient (Wildman–Crippen LogP) is 0.152. The van der Waals surface area contributed by atoms with Crippen molar-refractivity contribution in [2.45, 2.75) is 13.5 Å². The summed E-state index contributed by atoms with van der Waals surface area (Å²) in [6.45, 7) is 1.74. The molecule has 0 bridgehead atoms. The second-order valence-electron chi connectivity index (χ2n) is 3.45. The average molecular weight is 237 g/mol. The van der Waals surface area contributed by atoms with E-state index in [0.29, 0.717) is 6.54 Å². The van der Waals surface area contributed by atoms with E-state index in [2.05, 4.69) is 10.8 Å². The van der Waals surface area contributed by atoms with Gasteiger partial charge in [-0.15, -0.1) is 0 Å². The minimum absolute atomic E-state index is 0.110. The van der Waals surface area contributed by atoms with Gasteiger partial charge in [0.15, 0.2) is 0 Å². The minimum atomic E-state index is -0.529. The highest BCUT2D eigenvalue weighted by molar-refractivity contribution is 5.88. The number of hydrogen-bond donors (Lipinski definition) is 3. The molecule has 0 saturated carbocycles. The maximum atomic E-state index is 10.8. The van der Waals surface area contributed by atoms with Gasteiger partial charge < -0.3 is 11.1 Å². The van der Waals surface area contributed by atoms with Crippen molar-refractivity contribution in [1.82, 2.24) is 5.48 Å². The summed E-state index contributed by atoms with van der Waals surface area (Å²) in [6, 6.07) is 7.25.